The molecule has 6 nitrogen and oxygen atoms in total. The lowest BCUT2D eigenvalue weighted by Crippen LogP contribution is -2.35. The van der Waals surface area contributed by atoms with Gasteiger partial charge in [0.1, 0.15) is 10.8 Å². The summed E-state index contributed by atoms with van der Waals surface area (Å²) in [6, 6.07) is 8.70. The summed E-state index contributed by atoms with van der Waals surface area (Å²) in [5, 5.41) is 5.22. The molecule has 0 saturated heterocycles. The Hall–Kier alpha value is -2.57. The molecule has 0 bridgehead atoms. The molecule has 7 heteroatoms. The molecule has 3 heterocycles. The Bertz CT molecular complexity index is 1110. The van der Waals surface area contributed by atoms with Crippen LogP contribution in [0.4, 0.5) is 5.82 Å². The number of benzene rings is 1. The number of aromatic nitrogens is 4. The third kappa shape index (κ3) is 2.85. The molecule has 27 heavy (non-hydrogen) atoms. The Balaban J connectivity index is 1.64. The van der Waals surface area contributed by atoms with E-state index in [4.69, 9.17) is 22.3 Å². The monoisotopic (exact) mass is 380 g/mol. The number of hydrogen-bond donors (Lipinski definition) is 3. The number of H-pyrrole nitrogens is 1. The van der Waals surface area contributed by atoms with Crippen molar-refractivity contribution in [2.75, 3.05) is 5.32 Å². The minimum atomic E-state index is 0.243. The number of fused-ring (bicyclic) bond motifs is 2. The number of nitrogens with two attached hydrogens (primary N) is 1. The van der Waals surface area contributed by atoms with Gasteiger partial charge < -0.3 is 16.0 Å². The topological polar surface area (TPSA) is 84.0 Å². The molecule has 0 spiro atoms. The number of halogens is 1. The molecular formula is C20H21ClN6. The van der Waals surface area contributed by atoms with Gasteiger partial charge >= 0.3 is 0 Å². The van der Waals surface area contributed by atoms with E-state index in [0.717, 1.165) is 59.3 Å². The molecule has 138 valence electrons. The van der Waals surface area contributed by atoms with E-state index in [1.807, 2.05) is 35.0 Å². The molecule has 2 atom stereocenters. The lowest BCUT2D eigenvalue weighted by atomic mass is 9.92. The highest BCUT2D eigenvalue weighted by atomic mass is 35.5. The van der Waals surface area contributed by atoms with Crippen LogP contribution in [0.2, 0.25) is 5.15 Å². The van der Waals surface area contributed by atoms with Gasteiger partial charge in [-0.15, -0.1) is 0 Å². The van der Waals surface area contributed by atoms with Crippen LogP contribution in [0.3, 0.4) is 0 Å². The number of nitrogens with zero attached hydrogens (tertiary/aromatic N) is 3. The summed E-state index contributed by atoms with van der Waals surface area (Å²) in [5.74, 6) is 0.754. The summed E-state index contributed by atoms with van der Waals surface area (Å²) < 4.78 is 1.89. The first-order chi connectivity index (χ1) is 13.2. The maximum absolute atomic E-state index is 6.71. The fourth-order valence-corrected chi connectivity index (χ4v) is 4.33. The fourth-order valence-electron chi connectivity index (χ4n) is 4.05. The van der Waals surface area contributed by atoms with E-state index in [0.29, 0.717) is 11.2 Å². The first-order valence-corrected chi connectivity index (χ1v) is 9.69. The van der Waals surface area contributed by atoms with Crippen molar-refractivity contribution in [3.05, 3.63) is 48.0 Å². The van der Waals surface area contributed by atoms with E-state index in [1.54, 1.807) is 6.20 Å². The Morgan fingerprint density at radius 1 is 1.26 bits per heavy atom. The standard InChI is InChI=1S/C20H21ClN6/c21-18-17(15-11-24-16-7-2-1-6-14(15)16)26-19(20-23-8-9-27(18)20)25-13-5-3-4-12(22)10-13/h1-2,6-9,11-13,24H,3-5,10,22H2,(H,25,26)/t12-,13+/m1/s1. The van der Waals surface area contributed by atoms with Crippen LogP contribution in [0.25, 0.3) is 27.8 Å². The molecule has 1 aliphatic carbocycles. The summed E-state index contributed by atoms with van der Waals surface area (Å²) in [5.41, 5.74) is 9.68. The number of imidazole rings is 1. The summed E-state index contributed by atoms with van der Waals surface area (Å²) in [4.78, 5) is 12.7. The van der Waals surface area contributed by atoms with Gasteiger partial charge in [0, 0.05) is 47.1 Å². The van der Waals surface area contributed by atoms with E-state index < -0.39 is 0 Å². The first-order valence-electron chi connectivity index (χ1n) is 9.32. The van der Waals surface area contributed by atoms with Gasteiger partial charge in [0.25, 0.3) is 0 Å². The third-order valence-corrected chi connectivity index (χ3v) is 5.74. The average molecular weight is 381 g/mol. The van der Waals surface area contributed by atoms with Crippen LogP contribution in [0.1, 0.15) is 25.7 Å². The van der Waals surface area contributed by atoms with E-state index in [9.17, 15) is 0 Å². The zero-order chi connectivity index (χ0) is 18.4. The number of rotatable bonds is 3. The van der Waals surface area contributed by atoms with E-state index in [1.165, 1.54) is 0 Å². The van der Waals surface area contributed by atoms with Gasteiger partial charge in [0.2, 0.25) is 0 Å². The van der Waals surface area contributed by atoms with Crippen LogP contribution in [0, 0.1) is 0 Å². The quantitative estimate of drug-likeness (QED) is 0.497. The molecule has 4 N–H and O–H groups in total. The van der Waals surface area contributed by atoms with Crippen molar-refractivity contribution in [2.24, 2.45) is 5.73 Å². The average Bonchev–Trinajstić information content (AvgIpc) is 3.32. The van der Waals surface area contributed by atoms with Gasteiger partial charge in [-0.3, -0.25) is 4.40 Å². The summed E-state index contributed by atoms with van der Waals surface area (Å²) >= 11 is 6.71. The SMILES string of the molecule is N[C@@H]1CCC[C@H](Nc2nc(-c3c[nH]c4ccccc34)c(Cl)n3ccnc23)C1. The lowest BCUT2D eigenvalue weighted by Gasteiger charge is -2.28. The summed E-state index contributed by atoms with van der Waals surface area (Å²) in [7, 11) is 0. The van der Waals surface area contributed by atoms with Crippen molar-refractivity contribution >= 4 is 34.0 Å². The Kier molecular flexibility index (Phi) is 4.02. The lowest BCUT2D eigenvalue weighted by molar-refractivity contribution is 0.409. The third-order valence-electron chi connectivity index (χ3n) is 5.38. The van der Waals surface area contributed by atoms with Crippen molar-refractivity contribution in [3.63, 3.8) is 0 Å². The van der Waals surface area contributed by atoms with Gasteiger partial charge in [0.05, 0.1) is 0 Å². The van der Waals surface area contributed by atoms with Crippen LogP contribution >= 0.6 is 11.6 Å². The van der Waals surface area contributed by atoms with Gasteiger partial charge in [-0.2, -0.15) is 0 Å². The van der Waals surface area contributed by atoms with E-state index in [-0.39, 0.29) is 6.04 Å². The van der Waals surface area contributed by atoms with Crippen molar-refractivity contribution in [1.29, 1.82) is 0 Å². The molecule has 4 aromatic rings. The molecule has 5 rings (SSSR count). The maximum atomic E-state index is 6.71. The van der Waals surface area contributed by atoms with Crippen LogP contribution in [-0.2, 0) is 0 Å². The number of aromatic amines is 1. The van der Waals surface area contributed by atoms with Crippen molar-refractivity contribution < 1.29 is 0 Å². The summed E-state index contributed by atoms with van der Waals surface area (Å²) in [6.07, 6.45) is 9.84. The summed E-state index contributed by atoms with van der Waals surface area (Å²) in [6.45, 7) is 0. The minimum Gasteiger partial charge on any atom is -0.364 e. The first kappa shape index (κ1) is 16.6. The van der Waals surface area contributed by atoms with Gasteiger partial charge in [0.15, 0.2) is 11.5 Å². The second kappa shape index (κ2) is 6.55. The normalized spacial score (nSPS) is 20.4. The number of hydrogen-bond acceptors (Lipinski definition) is 4. The van der Waals surface area contributed by atoms with E-state index >= 15 is 0 Å². The fraction of sp³-hybridized carbons (Fsp3) is 0.300. The number of anilines is 1. The predicted molar refractivity (Wildman–Crippen MR) is 109 cm³/mol. The zero-order valence-electron chi connectivity index (χ0n) is 14.8. The molecule has 0 aliphatic heterocycles. The van der Waals surface area contributed by atoms with Gasteiger partial charge in [-0.05, 0) is 31.7 Å². The van der Waals surface area contributed by atoms with Crippen molar-refractivity contribution in [2.45, 2.75) is 37.8 Å². The molecular weight excluding hydrogens is 360 g/mol. The van der Waals surface area contributed by atoms with Crippen molar-refractivity contribution in [1.82, 2.24) is 19.4 Å². The van der Waals surface area contributed by atoms with E-state index in [2.05, 4.69) is 21.4 Å². The Morgan fingerprint density at radius 3 is 3.04 bits per heavy atom. The Morgan fingerprint density at radius 2 is 2.15 bits per heavy atom. The molecule has 1 fully saturated rings. The van der Waals surface area contributed by atoms with Crippen molar-refractivity contribution in [3.8, 4) is 11.3 Å². The number of nitrogens with one attached hydrogen (secondary N) is 2. The molecule has 0 amide bonds. The minimum absolute atomic E-state index is 0.243. The highest BCUT2D eigenvalue weighted by Gasteiger charge is 2.23. The smallest absolute Gasteiger partial charge is 0.181 e. The Labute approximate surface area is 161 Å². The molecule has 3 aromatic heterocycles. The second-order valence-corrected chi connectivity index (χ2v) is 7.59. The molecule has 1 aromatic carbocycles. The molecule has 0 unspecified atom stereocenters. The van der Waals surface area contributed by atoms with Crippen LogP contribution in [-0.4, -0.2) is 31.4 Å². The largest absolute Gasteiger partial charge is 0.364 e. The van der Waals surface area contributed by atoms with Crippen LogP contribution < -0.4 is 11.1 Å². The second-order valence-electron chi connectivity index (χ2n) is 7.24. The molecule has 0 radical (unpaired) electrons. The van der Waals surface area contributed by atoms with Gasteiger partial charge in [-0.1, -0.05) is 29.8 Å². The zero-order valence-corrected chi connectivity index (χ0v) is 15.6. The highest BCUT2D eigenvalue weighted by molar-refractivity contribution is 6.32. The predicted octanol–water partition coefficient (Wildman–Crippen LogP) is 4.21. The van der Waals surface area contributed by atoms with Crippen LogP contribution in [0.5, 0.6) is 0 Å². The highest BCUT2D eigenvalue weighted by Crippen LogP contribution is 2.35. The van der Waals surface area contributed by atoms with Gasteiger partial charge in [-0.25, -0.2) is 9.97 Å². The maximum Gasteiger partial charge on any atom is 0.181 e. The number of para-hydroxylation sites is 1. The molecule has 1 aliphatic rings. The molecule has 1 saturated carbocycles. The van der Waals surface area contributed by atoms with Crippen LogP contribution in [0.15, 0.2) is 42.9 Å².